The Hall–Kier alpha value is -1.58. The van der Waals surface area contributed by atoms with Crippen molar-refractivity contribution >= 4 is 30.6 Å². The average Bonchev–Trinajstić information content (AvgIpc) is 3.21. The maximum absolute atomic E-state index is 12.1. The number of carbonyl (C=O) groups excluding carboxylic acids is 1. The van der Waals surface area contributed by atoms with Crippen LogP contribution < -0.4 is 5.32 Å². The summed E-state index contributed by atoms with van der Waals surface area (Å²) in [5, 5.41) is 2.90. The first kappa shape index (κ1) is 22.7. The molecule has 0 aliphatic heterocycles. The van der Waals surface area contributed by atoms with Crippen LogP contribution >= 0.6 is 24.6 Å². The van der Waals surface area contributed by atoms with Crippen molar-refractivity contribution < 1.29 is 9.21 Å². The summed E-state index contributed by atoms with van der Waals surface area (Å²) < 4.78 is 9.36. The van der Waals surface area contributed by atoms with Gasteiger partial charge in [0.25, 0.3) is 0 Å². The lowest BCUT2D eigenvalue weighted by atomic mass is 10.4. The molecular formula is C19H31N5O2S2. The molecule has 0 radical (unpaired) electrons. The number of thioether (sulfide) groups is 1. The number of urea groups is 1. The average molecular weight is 426 g/mol. The lowest BCUT2D eigenvalue weighted by Gasteiger charge is -2.17. The van der Waals surface area contributed by atoms with E-state index < -0.39 is 0 Å². The van der Waals surface area contributed by atoms with Gasteiger partial charge in [-0.1, -0.05) is 12.8 Å². The molecule has 0 bridgehead atoms. The van der Waals surface area contributed by atoms with Gasteiger partial charge in [-0.3, -0.25) is 4.31 Å². The zero-order chi connectivity index (χ0) is 20.5. The largest absolute Gasteiger partial charge is 0.464 e. The molecule has 0 aromatic carbocycles. The highest BCUT2D eigenvalue weighted by molar-refractivity contribution is 7.98. The molecule has 2 rings (SSSR count). The lowest BCUT2D eigenvalue weighted by molar-refractivity contribution is 0.226. The number of imidazole rings is 1. The summed E-state index contributed by atoms with van der Waals surface area (Å²) in [6.07, 6.45) is 2.70. The van der Waals surface area contributed by atoms with Crippen LogP contribution in [-0.2, 0) is 18.8 Å². The Balaban J connectivity index is 1.57. The Morgan fingerprint density at radius 1 is 1.32 bits per heavy atom. The molecule has 0 unspecified atom stereocenters. The van der Waals surface area contributed by atoms with Gasteiger partial charge < -0.3 is 19.2 Å². The number of furan rings is 1. The SMILES string of the molecule is Cc1cnc(C)n1CCCN(S)C(=O)NCCSCc1ccc(CN(C)C)o1. The second kappa shape index (κ2) is 11.4. The molecule has 156 valence electrons. The minimum Gasteiger partial charge on any atom is -0.464 e. The van der Waals surface area contributed by atoms with Gasteiger partial charge in [0, 0.05) is 37.3 Å². The highest BCUT2D eigenvalue weighted by atomic mass is 32.2. The van der Waals surface area contributed by atoms with Crippen molar-refractivity contribution in [2.75, 3.05) is 32.9 Å². The van der Waals surface area contributed by atoms with Crippen LogP contribution in [-0.4, -0.2) is 57.7 Å². The second-order valence-electron chi connectivity index (χ2n) is 6.97. The predicted molar refractivity (Wildman–Crippen MR) is 118 cm³/mol. The van der Waals surface area contributed by atoms with Crippen LogP contribution in [0.5, 0.6) is 0 Å². The fourth-order valence-corrected chi connectivity index (χ4v) is 3.75. The van der Waals surface area contributed by atoms with Gasteiger partial charge in [-0.05, 0) is 46.5 Å². The molecule has 7 nitrogen and oxygen atoms in total. The Morgan fingerprint density at radius 3 is 2.75 bits per heavy atom. The van der Waals surface area contributed by atoms with Crippen molar-refractivity contribution in [3.8, 4) is 0 Å². The zero-order valence-electron chi connectivity index (χ0n) is 17.1. The van der Waals surface area contributed by atoms with Crippen LogP contribution in [0.4, 0.5) is 4.79 Å². The fraction of sp³-hybridized carbons (Fsp3) is 0.579. The van der Waals surface area contributed by atoms with Crippen molar-refractivity contribution in [2.45, 2.75) is 39.1 Å². The monoisotopic (exact) mass is 425 g/mol. The molecule has 1 N–H and O–H groups in total. The third kappa shape index (κ3) is 7.44. The molecule has 9 heteroatoms. The number of thiol groups is 1. The van der Waals surface area contributed by atoms with Gasteiger partial charge in [0.1, 0.15) is 17.3 Å². The van der Waals surface area contributed by atoms with Gasteiger partial charge in [0.05, 0.1) is 12.3 Å². The maximum Gasteiger partial charge on any atom is 0.327 e. The molecule has 2 amide bonds. The normalized spacial score (nSPS) is 11.2. The van der Waals surface area contributed by atoms with E-state index in [0.29, 0.717) is 13.1 Å². The number of amides is 2. The Labute approximate surface area is 177 Å². The highest BCUT2D eigenvalue weighted by Crippen LogP contribution is 2.16. The van der Waals surface area contributed by atoms with Crippen LogP contribution in [0.2, 0.25) is 0 Å². The van der Waals surface area contributed by atoms with Crippen LogP contribution in [0, 0.1) is 13.8 Å². The van der Waals surface area contributed by atoms with Crippen LogP contribution in [0.1, 0.15) is 29.5 Å². The molecule has 0 saturated heterocycles. The number of nitrogens with one attached hydrogen (secondary N) is 1. The van der Waals surface area contributed by atoms with Crippen LogP contribution in [0.15, 0.2) is 22.7 Å². The number of hydrogen-bond acceptors (Lipinski definition) is 6. The third-order valence-electron chi connectivity index (χ3n) is 4.20. The van der Waals surface area contributed by atoms with Gasteiger partial charge in [0.15, 0.2) is 0 Å². The van der Waals surface area contributed by atoms with E-state index in [9.17, 15) is 4.79 Å². The Kier molecular flexibility index (Phi) is 9.27. The molecule has 2 aromatic heterocycles. The van der Waals surface area contributed by atoms with Crippen molar-refractivity contribution in [3.05, 3.63) is 41.4 Å². The minimum absolute atomic E-state index is 0.158. The third-order valence-corrected chi connectivity index (χ3v) is 5.56. The second-order valence-corrected chi connectivity index (χ2v) is 8.55. The van der Waals surface area contributed by atoms with E-state index in [2.05, 4.69) is 32.6 Å². The number of aryl methyl sites for hydroxylation is 2. The van der Waals surface area contributed by atoms with Crippen molar-refractivity contribution in [1.82, 2.24) is 24.1 Å². The van der Waals surface area contributed by atoms with Crippen molar-refractivity contribution in [1.29, 1.82) is 0 Å². The minimum atomic E-state index is -0.158. The first-order valence-electron chi connectivity index (χ1n) is 9.40. The van der Waals surface area contributed by atoms with E-state index in [4.69, 9.17) is 4.42 Å². The first-order valence-corrected chi connectivity index (χ1v) is 11.0. The quantitative estimate of drug-likeness (QED) is 0.427. The fourth-order valence-electron chi connectivity index (χ4n) is 2.79. The van der Waals surface area contributed by atoms with E-state index in [-0.39, 0.29) is 6.03 Å². The first-order chi connectivity index (χ1) is 13.4. The number of aromatic nitrogens is 2. The molecule has 28 heavy (non-hydrogen) atoms. The molecular weight excluding hydrogens is 394 g/mol. The van der Waals surface area contributed by atoms with Gasteiger partial charge in [0.2, 0.25) is 0 Å². The summed E-state index contributed by atoms with van der Waals surface area (Å²) in [6.45, 7) is 6.84. The molecule has 0 aliphatic rings. The van der Waals surface area contributed by atoms with E-state index in [1.807, 2.05) is 46.3 Å². The van der Waals surface area contributed by atoms with Gasteiger partial charge in [-0.2, -0.15) is 11.8 Å². The molecule has 2 heterocycles. The van der Waals surface area contributed by atoms with E-state index >= 15 is 0 Å². The summed E-state index contributed by atoms with van der Waals surface area (Å²) in [4.78, 5) is 18.5. The molecule has 0 spiro atoms. The van der Waals surface area contributed by atoms with Crippen molar-refractivity contribution in [3.63, 3.8) is 0 Å². The van der Waals surface area contributed by atoms with Gasteiger partial charge >= 0.3 is 6.03 Å². The topological polar surface area (TPSA) is 66.5 Å². The highest BCUT2D eigenvalue weighted by Gasteiger charge is 2.10. The summed E-state index contributed by atoms with van der Waals surface area (Å²) in [6, 6.07) is 3.88. The summed E-state index contributed by atoms with van der Waals surface area (Å²) in [7, 11) is 4.04. The van der Waals surface area contributed by atoms with E-state index in [1.54, 1.807) is 11.8 Å². The standard InChI is InChI=1S/C19H31N5O2S2/c1-15-12-21-16(2)23(15)9-5-10-24(27)19(25)20-8-11-28-14-18-7-6-17(26-18)13-22(3)4/h6-7,12,27H,5,8-11,13-14H2,1-4H3,(H,20,25). The van der Waals surface area contributed by atoms with Crippen molar-refractivity contribution in [2.24, 2.45) is 0 Å². The van der Waals surface area contributed by atoms with E-state index in [1.165, 1.54) is 4.31 Å². The molecule has 2 aromatic rings. The summed E-state index contributed by atoms with van der Waals surface area (Å²) in [5.41, 5.74) is 1.13. The number of rotatable bonds is 11. The van der Waals surface area contributed by atoms with Gasteiger partial charge in [-0.15, -0.1) is 0 Å². The lowest BCUT2D eigenvalue weighted by Crippen LogP contribution is -2.36. The Bertz CT molecular complexity index is 725. The smallest absolute Gasteiger partial charge is 0.327 e. The number of carbonyl (C=O) groups is 1. The summed E-state index contributed by atoms with van der Waals surface area (Å²) >= 11 is 6.03. The van der Waals surface area contributed by atoms with E-state index in [0.717, 1.165) is 54.1 Å². The molecule has 0 fully saturated rings. The Morgan fingerprint density at radius 2 is 2.07 bits per heavy atom. The number of nitrogens with zero attached hydrogens (tertiary/aromatic N) is 4. The molecule has 0 atom stereocenters. The zero-order valence-corrected chi connectivity index (χ0v) is 18.9. The molecule has 0 saturated carbocycles. The predicted octanol–water partition coefficient (Wildman–Crippen LogP) is 3.33. The summed E-state index contributed by atoms with van der Waals surface area (Å²) in [5.74, 6) is 4.56. The molecule has 0 aliphatic carbocycles. The van der Waals surface area contributed by atoms with Crippen LogP contribution in [0.3, 0.4) is 0 Å². The number of hydrogen-bond donors (Lipinski definition) is 2. The maximum atomic E-state index is 12.1. The van der Waals surface area contributed by atoms with Crippen LogP contribution in [0.25, 0.3) is 0 Å². The van der Waals surface area contributed by atoms with Gasteiger partial charge in [-0.25, -0.2) is 9.78 Å².